The van der Waals surface area contributed by atoms with E-state index in [2.05, 4.69) is 55.7 Å². The van der Waals surface area contributed by atoms with E-state index in [1.165, 1.54) is 31.6 Å². The van der Waals surface area contributed by atoms with Gasteiger partial charge in [0.2, 0.25) is 0 Å². The highest BCUT2D eigenvalue weighted by Gasteiger charge is 2.07. The molecule has 1 saturated heterocycles. The van der Waals surface area contributed by atoms with Gasteiger partial charge in [-0.05, 0) is 37.2 Å². The molecule has 3 nitrogen and oxygen atoms in total. The van der Waals surface area contributed by atoms with Crippen molar-refractivity contribution >= 4 is 15.9 Å². The van der Waals surface area contributed by atoms with Crippen molar-refractivity contribution in [2.24, 2.45) is 0 Å². The third kappa shape index (κ3) is 5.06. The van der Waals surface area contributed by atoms with Crippen molar-refractivity contribution in [2.45, 2.75) is 13.0 Å². The topological polar surface area (TPSA) is 27.3 Å². The minimum atomic E-state index is 0.959. The molecule has 2 rings (SSSR count). The minimum Gasteiger partial charge on any atom is -0.314 e. The highest BCUT2D eigenvalue weighted by Crippen LogP contribution is 2.11. The molecular formula is C14H22BrN3. The zero-order chi connectivity index (χ0) is 12.6. The summed E-state index contributed by atoms with van der Waals surface area (Å²) in [6, 6.07) is 8.48. The molecule has 0 atom stereocenters. The fourth-order valence-electron chi connectivity index (χ4n) is 2.24. The summed E-state index contributed by atoms with van der Waals surface area (Å²) in [5.74, 6) is 0. The summed E-state index contributed by atoms with van der Waals surface area (Å²) in [6.07, 6.45) is 1.23. The first kappa shape index (κ1) is 14.0. The van der Waals surface area contributed by atoms with Crippen LogP contribution in [0.2, 0.25) is 0 Å². The van der Waals surface area contributed by atoms with Crippen molar-refractivity contribution in [3.05, 3.63) is 34.3 Å². The Morgan fingerprint density at radius 2 is 2.11 bits per heavy atom. The molecule has 1 fully saturated rings. The summed E-state index contributed by atoms with van der Waals surface area (Å²) in [7, 11) is 0. The lowest BCUT2D eigenvalue weighted by atomic mass is 10.2. The monoisotopic (exact) mass is 311 g/mol. The van der Waals surface area contributed by atoms with Crippen molar-refractivity contribution < 1.29 is 0 Å². The molecule has 1 aliphatic rings. The van der Waals surface area contributed by atoms with Crippen LogP contribution in [0.3, 0.4) is 0 Å². The van der Waals surface area contributed by atoms with Gasteiger partial charge >= 0.3 is 0 Å². The van der Waals surface area contributed by atoms with Gasteiger partial charge in [-0.2, -0.15) is 0 Å². The van der Waals surface area contributed by atoms with Crippen molar-refractivity contribution in [2.75, 3.05) is 39.3 Å². The first-order chi connectivity index (χ1) is 8.84. The predicted octanol–water partition coefficient (Wildman–Crippen LogP) is 1.83. The molecular weight excluding hydrogens is 290 g/mol. The highest BCUT2D eigenvalue weighted by molar-refractivity contribution is 9.10. The highest BCUT2D eigenvalue weighted by atomic mass is 79.9. The van der Waals surface area contributed by atoms with E-state index in [9.17, 15) is 0 Å². The number of halogens is 1. The molecule has 0 radical (unpaired) electrons. The molecule has 0 amide bonds. The molecule has 0 aromatic heterocycles. The van der Waals surface area contributed by atoms with Crippen LogP contribution in [0.15, 0.2) is 28.7 Å². The Labute approximate surface area is 118 Å². The fourth-order valence-corrected chi connectivity index (χ4v) is 2.69. The average Bonchev–Trinajstić information content (AvgIpc) is 2.40. The molecule has 1 heterocycles. The molecule has 1 aromatic carbocycles. The minimum absolute atomic E-state index is 0.959. The van der Waals surface area contributed by atoms with Crippen LogP contribution < -0.4 is 10.6 Å². The number of hydrogen-bond acceptors (Lipinski definition) is 3. The number of rotatable bonds is 6. The van der Waals surface area contributed by atoms with Gasteiger partial charge in [0.25, 0.3) is 0 Å². The average molecular weight is 312 g/mol. The van der Waals surface area contributed by atoms with E-state index in [4.69, 9.17) is 0 Å². The lowest BCUT2D eigenvalue weighted by Crippen LogP contribution is -2.44. The zero-order valence-electron chi connectivity index (χ0n) is 10.8. The molecule has 1 aliphatic heterocycles. The zero-order valence-corrected chi connectivity index (χ0v) is 12.4. The fraction of sp³-hybridized carbons (Fsp3) is 0.571. The first-order valence-corrected chi connectivity index (χ1v) is 7.52. The molecule has 0 saturated carbocycles. The van der Waals surface area contributed by atoms with Crippen LogP contribution >= 0.6 is 15.9 Å². The van der Waals surface area contributed by atoms with Crippen LogP contribution in [-0.2, 0) is 6.54 Å². The summed E-state index contributed by atoms with van der Waals surface area (Å²) >= 11 is 3.50. The van der Waals surface area contributed by atoms with Crippen LogP contribution in [0.25, 0.3) is 0 Å². The molecule has 1 aromatic rings. The molecule has 0 bridgehead atoms. The molecule has 0 spiro atoms. The van der Waals surface area contributed by atoms with E-state index in [0.29, 0.717) is 0 Å². The van der Waals surface area contributed by atoms with Crippen molar-refractivity contribution in [3.63, 3.8) is 0 Å². The summed E-state index contributed by atoms with van der Waals surface area (Å²) in [5.41, 5.74) is 1.34. The molecule has 18 heavy (non-hydrogen) atoms. The molecule has 2 N–H and O–H groups in total. The second-order valence-electron chi connectivity index (χ2n) is 4.75. The lowest BCUT2D eigenvalue weighted by molar-refractivity contribution is 0.237. The molecule has 100 valence electrons. The third-order valence-electron chi connectivity index (χ3n) is 3.26. The Bertz CT molecular complexity index is 351. The number of piperazine rings is 1. The second-order valence-corrected chi connectivity index (χ2v) is 5.67. The van der Waals surface area contributed by atoms with Crippen molar-refractivity contribution in [3.8, 4) is 0 Å². The van der Waals surface area contributed by atoms with E-state index >= 15 is 0 Å². The Balaban J connectivity index is 1.55. The maximum atomic E-state index is 3.51. The number of benzene rings is 1. The van der Waals surface area contributed by atoms with Gasteiger partial charge in [0.1, 0.15) is 0 Å². The Morgan fingerprint density at radius 3 is 2.89 bits per heavy atom. The normalized spacial score (nSPS) is 16.9. The van der Waals surface area contributed by atoms with Gasteiger partial charge in [-0.1, -0.05) is 28.1 Å². The van der Waals surface area contributed by atoms with Crippen LogP contribution in [0.1, 0.15) is 12.0 Å². The molecule has 4 heteroatoms. The smallest absolute Gasteiger partial charge is 0.0205 e. The van der Waals surface area contributed by atoms with Gasteiger partial charge in [-0.15, -0.1) is 0 Å². The SMILES string of the molecule is Brc1cccc(CNCCCN2CCNCC2)c1. The standard InChI is InChI=1S/C14H22BrN3/c15-14-4-1-3-13(11-14)12-17-5-2-8-18-9-6-16-7-10-18/h1,3-4,11,16-17H,2,5-10,12H2. The van der Waals surface area contributed by atoms with Gasteiger partial charge in [-0.3, -0.25) is 0 Å². The molecule has 0 unspecified atom stereocenters. The van der Waals surface area contributed by atoms with Gasteiger partial charge in [0, 0.05) is 37.2 Å². The van der Waals surface area contributed by atoms with Crippen molar-refractivity contribution in [1.29, 1.82) is 0 Å². The first-order valence-electron chi connectivity index (χ1n) is 6.73. The Kier molecular flexibility index (Phi) is 6.14. The van der Waals surface area contributed by atoms with E-state index in [-0.39, 0.29) is 0 Å². The van der Waals surface area contributed by atoms with E-state index in [1.54, 1.807) is 0 Å². The predicted molar refractivity (Wildman–Crippen MR) is 79.8 cm³/mol. The summed E-state index contributed by atoms with van der Waals surface area (Å²) in [5, 5.41) is 6.89. The van der Waals surface area contributed by atoms with Crippen LogP contribution in [-0.4, -0.2) is 44.2 Å². The Morgan fingerprint density at radius 1 is 1.28 bits per heavy atom. The second kappa shape index (κ2) is 7.89. The molecule has 0 aliphatic carbocycles. The van der Waals surface area contributed by atoms with E-state index in [0.717, 1.165) is 30.7 Å². The lowest BCUT2D eigenvalue weighted by Gasteiger charge is -2.27. The summed E-state index contributed by atoms with van der Waals surface area (Å²) < 4.78 is 1.16. The van der Waals surface area contributed by atoms with Crippen LogP contribution in [0.4, 0.5) is 0 Å². The van der Waals surface area contributed by atoms with Gasteiger partial charge in [-0.25, -0.2) is 0 Å². The van der Waals surface area contributed by atoms with Gasteiger partial charge < -0.3 is 15.5 Å². The maximum absolute atomic E-state index is 3.51. The Hall–Kier alpha value is -0.420. The number of hydrogen-bond donors (Lipinski definition) is 2. The number of nitrogens with zero attached hydrogens (tertiary/aromatic N) is 1. The van der Waals surface area contributed by atoms with Crippen LogP contribution in [0.5, 0.6) is 0 Å². The van der Waals surface area contributed by atoms with Crippen LogP contribution in [0, 0.1) is 0 Å². The van der Waals surface area contributed by atoms with Gasteiger partial charge in [0.15, 0.2) is 0 Å². The maximum Gasteiger partial charge on any atom is 0.0205 e. The third-order valence-corrected chi connectivity index (χ3v) is 3.75. The van der Waals surface area contributed by atoms with Crippen molar-refractivity contribution in [1.82, 2.24) is 15.5 Å². The summed E-state index contributed by atoms with van der Waals surface area (Å²) in [4.78, 5) is 2.54. The van der Waals surface area contributed by atoms with E-state index < -0.39 is 0 Å². The largest absolute Gasteiger partial charge is 0.314 e. The van der Waals surface area contributed by atoms with E-state index in [1.807, 2.05) is 0 Å². The number of nitrogens with one attached hydrogen (secondary N) is 2. The van der Waals surface area contributed by atoms with Gasteiger partial charge in [0.05, 0.1) is 0 Å². The summed E-state index contributed by atoms with van der Waals surface area (Å²) in [6.45, 7) is 7.96. The quantitative estimate of drug-likeness (QED) is 0.785.